The van der Waals surface area contributed by atoms with Crippen LogP contribution in [0.5, 0.6) is 11.5 Å². The average Bonchev–Trinajstić information content (AvgIpc) is 2.96. The number of carboxylic acid groups (broad SMARTS) is 1. The van der Waals surface area contributed by atoms with Crippen molar-refractivity contribution in [1.82, 2.24) is 5.32 Å². The lowest BCUT2D eigenvalue weighted by Gasteiger charge is -2.03. The van der Waals surface area contributed by atoms with Crippen molar-refractivity contribution in [2.24, 2.45) is 4.99 Å². The molecule has 1 amide bonds. The number of methoxy groups -OCH3 is 1. The topological polar surface area (TPSA) is 108 Å². The van der Waals surface area contributed by atoms with E-state index >= 15 is 0 Å². The largest absolute Gasteiger partial charge is 0.504 e. The Morgan fingerprint density at radius 2 is 1.96 bits per heavy atom. The van der Waals surface area contributed by atoms with Crippen LogP contribution in [0.15, 0.2) is 52.4 Å². The van der Waals surface area contributed by atoms with Crippen LogP contribution in [-0.4, -0.2) is 34.4 Å². The van der Waals surface area contributed by atoms with Crippen molar-refractivity contribution >= 4 is 40.6 Å². The number of benzene rings is 2. The maximum Gasteiger partial charge on any atom is 0.335 e. The van der Waals surface area contributed by atoms with Crippen LogP contribution in [0.1, 0.15) is 15.9 Å². The Balaban J connectivity index is 1.80. The number of phenols is 1. The van der Waals surface area contributed by atoms with Crippen LogP contribution in [-0.2, 0) is 4.79 Å². The van der Waals surface area contributed by atoms with Gasteiger partial charge in [-0.1, -0.05) is 6.07 Å². The van der Waals surface area contributed by atoms with Crippen LogP contribution < -0.4 is 10.1 Å². The number of ether oxygens (including phenoxy) is 1. The molecule has 2 aromatic carbocycles. The highest BCUT2D eigenvalue weighted by Crippen LogP contribution is 2.31. The van der Waals surface area contributed by atoms with Gasteiger partial charge in [0.25, 0.3) is 5.91 Å². The molecule has 0 bridgehead atoms. The molecule has 0 unspecified atom stereocenters. The van der Waals surface area contributed by atoms with Crippen LogP contribution in [0.4, 0.5) is 5.69 Å². The first-order valence-corrected chi connectivity index (χ1v) is 8.28. The lowest BCUT2D eigenvalue weighted by Crippen LogP contribution is -2.19. The Morgan fingerprint density at radius 3 is 2.62 bits per heavy atom. The monoisotopic (exact) mass is 370 g/mol. The standard InChI is InChI=1S/C18H14N2O5S/c1-25-14-8-10(2-7-13(14)21)9-15-16(22)20-18(26-15)19-12-5-3-11(4-6-12)17(23)24/h2-9,21H,1H3,(H,23,24)(H,19,20,22). The molecular formula is C18H14N2O5S. The Morgan fingerprint density at radius 1 is 1.23 bits per heavy atom. The summed E-state index contributed by atoms with van der Waals surface area (Å²) in [5.74, 6) is -0.967. The van der Waals surface area contributed by atoms with Crippen molar-refractivity contribution in [3.05, 3.63) is 58.5 Å². The van der Waals surface area contributed by atoms with Crippen LogP contribution in [0, 0.1) is 0 Å². The van der Waals surface area contributed by atoms with Crippen LogP contribution in [0.25, 0.3) is 6.08 Å². The first-order chi connectivity index (χ1) is 12.5. The Labute approximate surface area is 153 Å². The molecule has 1 heterocycles. The molecular weight excluding hydrogens is 356 g/mol. The fourth-order valence-electron chi connectivity index (χ4n) is 2.21. The molecule has 26 heavy (non-hydrogen) atoms. The van der Waals surface area contributed by atoms with Gasteiger partial charge in [0.15, 0.2) is 16.7 Å². The summed E-state index contributed by atoms with van der Waals surface area (Å²) >= 11 is 1.17. The SMILES string of the molecule is COc1cc(C=C2SC(=Nc3ccc(C(=O)O)cc3)NC2=O)ccc1O. The number of hydrogen-bond acceptors (Lipinski definition) is 6. The third-order valence-corrected chi connectivity index (χ3v) is 4.41. The number of thioether (sulfide) groups is 1. The average molecular weight is 370 g/mol. The summed E-state index contributed by atoms with van der Waals surface area (Å²) < 4.78 is 5.05. The predicted molar refractivity (Wildman–Crippen MR) is 98.9 cm³/mol. The third kappa shape index (κ3) is 3.86. The summed E-state index contributed by atoms with van der Waals surface area (Å²) in [7, 11) is 1.45. The number of carbonyl (C=O) groups is 2. The maximum absolute atomic E-state index is 12.1. The smallest absolute Gasteiger partial charge is 0.335 e. The molecule has 1 aliphatic heterocycles. The van der Waals surface area contributed by atoms with E-state index in [1.165, 1.54) is 37.1 Å². The fraction of sp³-hybridized carbons (Fsp3) is 0.0556. The van der Waals surface area contributed by atoms with E-state index in [1.807, 2.05) is 0 Å². The molecule has 3 rings (SSSR count). The molecule has 0 spiro atoms. The number of aliphatic imine (C=N–C) groups is 1. The van der Waals surface area contributed by atoms with E-state index in [9.17, 15) is 14.7 Å². The van der Waals surface area contributed by atoms with Gasteiger partial charge in [-0.25, -0.2) is 9.79 Å². The molecule has 132 valence electrons. The van der Waals surface area contributed by atoms with E-state index in [0.29, 0.717) is 27.1 Å². The number of nitrogens with zero attached hydrogens (tertiary/aromatic N) is 1. The minimum absolute atomic E-state index is 0.0187. The molecule has 1 saturated heterocycles. The molecule has 0 aliphatic carbocycles. The van der Waals surface area contributed by atoms with Gasteiger partial charge in [0.05, 0.1) is 23.3 Å². The zero-order valence-corrected chi connectivity index (χ0v) is 14.4. The molecule has 8 heteroatoms. The van der Waals surface area contributed by atoms with E-state index in [1.54, 1.807) is 30.3 Å². The number of aromatic hydroxyl groups is 1. The van der Waals surface area contributed by atoms with Gasteiger partial charge in [0, 0.05) is 0 Å². The van der Waals surface area contributed by atoms with Gasteiger partial charge in [0.2, 0.25) is 0 Å². The zero-order chi connectivity index (χ0) is 18.7. The number of rotatable bonds is 4. The highest BCUT2D eigenvalue weighted by molar-refractivity contribution is 8.18. The number of carbonyl (C=O) groups excluding carboxylic acids is 1. The highest BCUT2D eigenvalue weighted by Gasteiger charge is 2.24. The molecule has 0 aromatic heterocycles. The van der Waals surface area contributed by atoms with Gasteiger partial charge in [-0.3, -0.25) is 4.79 Å². The first kappa shape index (κ1) is 17.6. The van der Waals surface area contributed by atoms with Crippen molar-refractivity contribution in [2.75, 3.05) is 7.11 Å². The normalized spacial score (nSPS) is 16.7. The van der Waals surface area contributed by atoms with Crippen LogP contribution in [0.2, 0.25) is 0 Å². The Bertz CT molecular complexity index is 935. The van der Waals surface area contributed by atoms with E-state index in [4.69, 9.17) is 9.84 Å². The van der Waals surface area contributed by atoms with Gasteiger partial charge in [-0.05, 0) is 59.8 Å². The molecule has 1 aliphatic rings. The number of amides is 1. The molecule has 2 aromatic rings. The molecule has 0 atom stereocenters. The number of phenolic OH excluding ortho intramolecular Hbond substituents is 1. The van der Waals surface area contributed by atoms with Crippen LogP contribution in [0.3, 0.4) is 0 Å². The zero-order valence-electron chi connectivity index (χ0n) is 13.6. The lowest BCUT2D eigenvalue weighted by molar-refractivity contribution is -0.115. The molecule has 7 nitrogen and oxygen atoms in total. The molecule has 0 radical (unpaired) electrons. The summed E-state index contributed by atoms with van der Waals surface area (Å²) in [4.78, 5) is 27.7. The van der Waals surface area contributed by atoms with Gasteiger partial charge >= 0.3 is 5.97 Å². The lowest BCUT2D eigenvalue weighted by atomic mass is 10.2. The van der Waals surface area contributed by atoms with Gasteiger partial charge in [0.1, 0.15) is 0 Å². The number of amidine groups is 1. The summed E-state index contributed by atoms with van der Waals surface area (Å²) in [6.45, 7) is 0. The van der Waals surface area contributed by atoms with Gasteiger partial charge < -0.3 is 20.3 Å². The second kappa shape index (κ2) is 7.32. The number of nitrogens with one attached hydrogen (secondary N) is 1. The van der Waals surface area contributed by atoms with E-state index in [0.717, 1.165) is 0 Å². The second-order valence-electron chi connectivity index (χ2n) is 5.27. The van der Waals surface area contributed by atoms with E-state index < -0.39 is 5.97 Å². The maximum atomic E-state index is 12.1. The van der Waals surface area contributed by atoms with Crippen molar-refractivity contribution in [1.29, 1.82) is 0 Å². The molecule has 0 saturated carbocycles. The summed E-state index contributed by atoms with van der Waals surface area (Å²) in [5.41, 5.74) is 1.40. The third-order valence-electron chi connectivity index (χ3n) is 3.50. The first-order valence-electron chi connectivity index (χ1n) is 7.46. The van der Waals surface area contributed by atoms with Crippen molar-refractivity contribution < 1.29 is 24.5 Å². The minimum atomic E-state index is -1.01. The Kier molecular flexibility index (Phi) is 4.94. The minimum Gasteiger partial charge on any atom is -0.504 e. The summed E-state index contributed by atoms with van der Waals surface area (Å²) in [6, 6.07) is 10.8. The number of carboxylic acids is 1. The van der Waals surface area contributed by atoms with Gasteiger partial charge in [-0.2, -0.15) is 0 Å². The highest BCUT2D eigenvalue weighted by atomic mass is 32.2. The number of hydrogen-bond donors (Lipinski definition) is 3. The van der Waals surface area contributed by atoms with Crippen molar-refractivity contribution in [2.45, 2.75) is 0 Å². The van der Waals surface area contributed by atoms with Crippen molar-refractivity contribution in [3.8, 4) is 11.5 Å². The fourth-order valence-corrected chi connectivity index (χ4v) is 3.05. The second-order valence-corrected chi connectivity index (χ2v) is 6.30. The quantitative estimate of drug-likeness (QED) is 0.714. The molecule has 1 fully saturated rings. The Hall–Kier alpha value is -3.26. The van der Waals surface area contributed by atoms with Crippen molar-refractivity contribution in [3.63, 3.8) is 0 Å². The van der Waals surface area contributed by atoms with E-state index in [-0.39, 0.29) is 17.2 Å². The number of aromatic carboxylic acids is 1. The van der Waals surface area contributed by atoms with Crippen LogP contribution >= 0.6 is 11.8 Å². The predicted octanol–water partition coefficient (Wildman–Crippen LogP) is 2.99. The summed E-state index contributed by atoms with van der Waals surface area (Å²) in [6.07, 6.45) is 1.66. The molecule has 3 N–H and O–H groups in total. The van der Waals surface area contributed by atoms with Gasteiger partial charge in [-0.15, -0.1) is 0 Å². The van der Waals surface area contributed by atoms with E-state index in [2.05, 4.69) is 10.3 Å². The summed E-state index contributed by atoms with van der Waals surface area (Å²) in [5, 5.41) is 21.6.